The van der Waals surface area contributed by atoms with Crippen LogP contribution >= 0.6 is 0 Å². The van der Waals surface area contributed by atoms with Crippen LogP contribution in [0, 0.1) is 34.5 Å². The van der Waals surface area contributed by atoms with Crippen LogP contribution in [0.25, 0.3) is 0 Å². The molecule has 1 aliphatic heterocycles. The lowest BCUT2D eigenvalue weighted by Gasteiger charge is -2.63. The van der Waals surface area contributed by atoms with Crippen molar-refractivity contribution < 1.29 is 29.0 Å². The van der Waals surface area contributed by atoms with E-state index in [-0.39, 0.29) is 35.8 Å². The predicted molar refractivity (Wildman–Crippen MR) is 112 cm³/mol. The maximum absolute atomic E-state index is 12.4. The summed E-state index contributed by atoms with van der Waals surface area (Å²) < 4.78 is 11.0. The molecule has 0 unspecified atom stereocenters. The number of carbonyl (C=O) groups excluding carboxylic acids is 3. The third-order valence-corrected chi connectivity index (χ3v) is 10.1. The van der Waals surface area contributed by atoms with Gasteiger partial charge in [-0.1, -0.05) is 13.8 Å². The molecule has 0 spiro atoms. The zero-order valence-corrected chi connectivity index (χ0v) is 18.8. The first kappa shape index (κ1) is 21.2. The van der Waals surface area contributed by atoms with E-state index < -0.39 is 17.1 Å². The van der Waals surface area contributed by atoms with Crippen LogP contribution in [0.3, 0.4) is 0 Å². The summed E-state index contributed by atoms with van der Waals surface area (Å²) in [5.74, 6) is 0.343. The zero-order chi connectivity index (χ0) is 22.2. The molecule has 0 aromatic carbocycles. The number of aliphatic hydroxyl groups is 1. The van der Waals surface area contributed by atoms with Gasteiger partial charge < -0.3 is 14.6 Å². The number of rotatable bonds is 2. The molecular weight excluding hydrogens is 396 g/mol. The number of cyclic esters (lactones) is 1. The Kier molecular flexibility index (Phi) is 4.71. The normalized spacial score (nSPS) is 48.9. The van der Waals surface area contributed by atoms with Gasteiger partial charge in [0.25, 0.3) is 0 Å². The fourth-order valence-corrected chi connectivity index (χ4v) is 8.57. The van der Waals surface area contributed by atoms with Crippen molar-refractivity contribution in [2.75, 3.05) is 6.61 Å². The molecule has 0 amide bonds. The number of Topliss-reactive ketones (excluding diaryl/α,β-unsaturated/α-hetero) is 1. The molecule has 0 aromatic heterocycles. The van der Waals surface area contributed by atoms with Crippen molar-refractivity contribution >= 4 is 17.7 Å². The SMILES string of the molecule is CC(=O)O[C@H]1C[C@]2(O)[C@@H]3CC[C@@H]4CC(=O)CC[C@]4(C)[C@H]3CC[C@]2(C)[C@H]1C1=CC(=O)OC1. The van der Waals surface area contributed by atoms with Gasteiger partial charge in [0.2, 0.25) is 0 Å². The Morgan fingerprint density at radius 3 is 2.61 bits per heavy atom. The van der Waals surface area contributed by atoms with E-state index in [9.17, 15) is 19.5 Å². The number of ether oxygens (including phenoxy) is 2. The molecule has 6 heteroatoms. The molecule has 6 nitrogen and oxygen atoms in total. The quantitative estimate of drug-likeness (QED) is 0.676. The van der Waals surface area contributed by atoms with Crippen molar-refractivity contribution in [1.29, 1.82) is 0 Å². The molecule has 1 heterocycles. The lowest BCUT2D eigenvalue weighted by Crippen LogP contribution is -2.62. The van der Waals surface area contributed by atoms with Crippen LogP contribution in [0.4, 0.5) is 0 Å². The average Bonchev–Trinajstić information content (AvgIpc) is 3.19. The van der Waals surface area contributed by atoms with E-state index in [0.29, 0.717) is 36.9 Å². The van der Waals surface area contributed by atoms with Gasteiger partial charge in [-0.05, 0) is 60.8 Å². The highest BCUT2D eigenvalue weighted by atomic mass is 16.5. The minimum atomic E-state index is -0.970. The Labute approximate surface area is 183 Å². The van der Waals surface area contributed by atoms with Crippen LogP contribution in [0.15, 0.2) is 11.6 Å². The standard InChI is InChI=1S/C25H34O6/c1-14(26)31-20-12-25(29)19-5-4-16-11-17(27)6-8-23(16,2)18(19)7-9-24(25,3)22(20)15-10-21(28)30-13-15/h10,16,18-20,22,29H,4-9,11-13H2,1-3H3/t16-,18+,19-,20+,22+,23+,24-,25+/m1/s1. The van der Waals surface area contributed by atoms with Crippen molar-refractivity contribution in [2.24, 2.45) is 34.5 Å². The minimum absolute atomic E-state index is 0.0780. The second kappa shape index (κ2) is 6.90. The number of hydrogen-bond acceptors (Lipinski definition) is 6. The summed E-state index contributed by atoms with van der Waals surface area (Å²) in [6.07, 6.45) is 7.41. The predicted octanol–water partition coefficient (Wildman–Crippen LogP) is 3.35. The Morgan fingerprint density at radius 1 is 1.16 bits per heavy atom. The van der Waals surface area contributed by atoms with Gasteiger partial charge in [-0.2, -0.15) is 0 Å². The molecule has 4 aliphatic carbocycles. The topological polar surface area (TPSA) is 89.9 Å². The molecule has 31 heavy (non-hydrogen) atoms. The van der Waals surface area contributed by atoms with Gasteiger partial charge in [0.1, 0.15) is 18.5 Å². The van der Waals surface area contributed by atoms with Crippen LogP contribution in [-0.4, -0.2) is 41.1 Å². The van der Waals surface area contributed by atoms with Gasteiger partial charge in [0.05, 0.1) is 5.60 Å². The molecule has 0 aromatic rings. The van der Waals surface area contributed by atoms with Gasteiger partial charge in [-0.25, -0.2) is 4.79 Å². The molecule has 5 aliphatic rings. The highest BCUT2D eigenvalue weighted by Gasteiger charge is 2.70. The van der Waals surface area contributed by atoms with Crippen molar-refractivity contribution in [3.05, 3.63) is 11.6 Å². The van der Waals surface area contributed by atoms with Crippen molar-refractivity contribution in [2.45, 2.75) is 83.8 Å². The van der Waals surface area contributed by atoms with E-state index in [1.54, 1.807) is 0 Å². The molecule has 0 bridgehead atoms. The van der Waals surface area contributed by atoms with Crippen molar-refractivity contribution in [3.63, 3.8) is 0 Å². The molecule has 1 N–H and O–H groups in total. The van der Waals surface area contributed by atoms with E-state index in [4.69, 9.17) is 9.47 Å². The van der Waals surface area contributed by atoms with Gasteiger partial charge in [0, 0.05) is 43.6 Å². The Bertz CT molecular complexity index is 862. The van der Waals surface area contributed by atoms with Gasteiger partial charge in [0.15, 0.2) is 0 Å². The third kappa shape index (κ3) is 2.89. The molecule has 170 valence electrons. The fourth-order valence-electron chi connectivity index (χ4n) is 8.57. The smallest absolute Gasteiger partial charge is 0.331 e. The van der Waals surface area contributed by atoms with Crippen LogP contribution in [0.2, 0.25) is 0 Å². The molecule has 4 saturated carbocycles. The highest BCUT2D eigenvalue weighted by molar-refractivity contribution is 5.85. The van der Waals surface area contributed by atoms with Crippen LogP contribution in [0.1, 0.15) is 72.1 Å². The number of hydrogen-bond donors (Lipinski definition) is 1. The Hall–Kier alpha value is -1.69. The first-order valence-corrected chi connectivity index (χ1v) is 11.9. The summed E-state index contributed by atoms with van der Waals surface area (Å²) in [5.41, 5.74) is -0.532. The summed E-state index contributed by atoms with van der Waals surface area (Å²) in [4.78, 5) is 35.9. The number of fused-ring (bicyclic) bond motifs is 5. The number of carbonyl (C=O) groups is 3. The van der Waals surface area contributed by atoms with Crippen molar-refractivity contribution in [3.8, 4) is 0 Å². The molecular formula is C25H34O6. The maximum atomic E-state index is 12.4. The number of esters is 2. The fraction of sp³-hybridized carbons (Fsp3) is 0.800. The third-order valence-electron chi connectivity index (χ3n) is 10.1. The highest BCUT2D eigenvalue weighted by Crippen LogP contribution is 2.70. The summed E-state index contributed by atoms with van der Waals surface area (Å²) in [6.45, 7) is 6.09. The lowest BCUT2D eigenvalue weighted by atomic mass is 9.43. The molecule has 8 atom stereocenters. The first-order valence-electron chi connectivity index (χ1n) is 11.9. The molecule has 0 saturated heterocycles. The van der Waals surface area contributed by atoms with Crippen molar-refractivity contribution in [1.82, 2.24) is 0 Å². The summed E-state index contributed by atoms with van der Waals surface area (Å²) in [6, 6.07) is 0. The summed E-state index contributed by atoms with van der Waals surface area (Å²) in [7, 11) is 0. The van der Waals surface area contributed by atoms with E-state index in [2.05, 4.69) is 13.8 Å². The van der Waals surface area contributed by atoms with Gasteiger partial charge in [-0.3, -0.25) is 9.59 Å². The second-order valence-corrected chi connectivity index (χ2v) is 11.3. The van der Waals surface area contributed by atoms with Gasteiger partial charge in [-0.15, -0.1) is 0 Å². The van der Waals surface area contributed by atoms with Crippen LogP contribution < -0.4 is 0 Å². The van der Waals surface area contributed by atoms with Gasteiger partial charge >= 0.3 is 11.9 Å². The van der Waals surface area contributed by atoms with Crippen LogP contribution in [-0.2, 0) is 23.9 Å². The zero-order valence-electron chi connectivity index (χ0n) is 18.8. The monoisotopic (exact) mass is 430 g/mol. The molecule has 5 rings (SSSR count). The van der Waals surface area contributed by atoms with Crippen LogP contribution in [0.5, 0.6) is 0 Å². The average molecular weight is 431 g/mol. The van der Waals surface area contributed by atoms with E-state index in [1.807, 2.05) is 0 Å². The Morgan fingerprint density at radius 2 is 1.94 bits per heavy atom. The minimum Gasteiger partial charge on any atom is -0.462 e. The number of ketones is 1. The summed E-state index contributed by atoms with van der Waals surface area (Å²) in [5, 5.41) is 12.4. The Balaban J connectivity index is 1.53. The molecule has 0 radical (unpaired) electrons. The molecule has 4 fully saturated rings. The first-order chi connectivity index (χ1) is 14.6. The van der Waals surface area contributed by atoms with E-state index in [0.717, 1.165) is 37.7 Å². The maximum Gasteiger partial charge on any atom is 0.331 e. The second-order valence-electron chi connectivity index (χ2n) is 11.3. The lowest BCUT2D eigenvalue weighted by molar-refractivity contribution is -0.203. The van der Waals surface area contributed by atoms with E-state index in [1.165, 1.54) is 13.0 Å². The summed E-state index contributed by atoms with van der Waals surface area (Å²) >= 11 is 0. The largest absolute Gasteiger partial charge is 0.462 e. The van der Waals surface area contributed by atoms with E-state index >= 15 is 0 Å².